The number of hydrogen-bond donors (Lipinski definition) is 1. The number of benzene rings is 1. The van der Waals surface area contributed by atoms with E-state index in [2.05, 4.69) is 16.6 Å². The van der Waals surface area contributed by atoms with Gasteiger partial charge in [0, 0.05) is 10.6 Å². The minimum Gasteiger partial charge on any atom is -0.435 e. The van der Waals surface area contributed by atoms with Crippen molar-refractivity contribution in [2.24, 2.45) is 0 Å². The molecule has 0 heterocycles. The summed E-state index contributed by atoms with van der Waals surface area (Å²) in [6.07, 6.45) is 0. The lowest BCUT2D eigenvalue weighted by Gasteiger charge is -2.06. The van der Waals surface area contributed by atoms with Gasteiger partial charge < -0.3 is 10.1 Å². The highest BCUT2D eigenvalue weighted by Gasteiger charge is 2.07. The minimum absolute atomic E-state index is 0.00157. The topological polar surface area (TPSA) is 38.3 Å². The van der Waals surface area contributed by atoms with Gasteiger partial charge in [-0.3, -0.25) is 4.79 Å². The van der Waals surface area contributed by atoms with Crippen LogP contribution in [0.25, 0.3) is 0 Å². The third-order valence-corrected chi connectivity index (χ3v) is 1.92. The van der Waals surface area contributed by atoms with Crippen LogP contribution in [0.3, 0.4) is 0 Å². The molecule has 17 heavy (non-hydrogen) atoms. The molecule has 0 aromatic heterocycles. The Morgan fingerprint density at radius 3 is 2.47 bits per heavy atom. The van der Waals surface area contributed by atoms with E-state index in [0.29, 0.717) is 10.6 Å². The molecule has 0 saturated carbocycles. The molecule has 0 atom stereocenters. The normalized spacial score (nSPS) is 10.1. The maximum Gasteiger partial charge on any atom is 0.387 e. The third kappa shape index (κ3) is 4.82. The van der Waals surface area contributed by atoms with Crippen LogP contribution in [0.15, 0.2) is 35.9 Å². The number of ether oxygens (including phenoxy) is 1. The van der Waals surface area contributed by atoms with Crippen molar-refractivity contribution in [2.75, 3.05) is 6.54 Å². The maximum atomic E-state index is 11.9. The van der Waals surface area contributed by atoms with Crippen molar-refractivity contribution < 1.29 is 18.3 Å². The molecule has 0 unspecified atom stereocenters. The fraction of sp³-hybridized carbons (Fsp3) is 0.182. The third-order valence-electron chi connectivity index (χ3n) is 1.78. The van der Waals surface area contributed by atoms with Crippen molar-refractivity contribution in [3.05, 3.63) is 41.4 Å². The van der Waals surface area contributed by atoms with Crippen LogP contribution < -0.4 is 10.1 Å². The Labute approximate surface area is 102 Å². The van der Waals surface area contributed by atoms with Gasteiger partial charge in [-0.25, -0.2) is 0 Å². The quantitative estimate of drug-likeness (QED) is 0.885. The van der Waals surface area contributed by atoms with E-state index >= 15 is 0 Å². The molecular weight excluding hydrogens is 252 g/mol. The molecule has 1 N–H and O–H groups in total. The van der Waals surface area contributed by atoms with Gasteiger partial charge in [-0.05, 0) is 24.3 Å². The van der Waals surface area contributed by atoms with Crippen molar-refractivity contribution in [1.82, 2.24) is 5.32 Å². The SMILES string of the molecule is C=C(Cl)CNC(=O)c1ccc(OC(F)F)cc1. The predicted molar refractivity (Wildman–Crippen MR) is 60.4 cm³/mol. The lowest BCUT2D eigenvalue weighted by atomic mass is 10.2. The molecule has 0 spiro atoms. The van der Waals surface area contributed by atoms with E-state index in [1.165, 1.54) is 24.3 Å². The van der Waals surface area contributed by atoms with Crippen molar-refractivity contribution in [3.63, 3.8) is 0 Å². The fourth-order valence-corrected chi connectivity index (χ4v) is 1.13. The molecule has 0 saturated heterocycles. The van der Waals surface area contributed by atoms with Crippen LogP contribution in [-0.4, -0.2) is 19.1 Å². The van der Waals surface area contributed by atoms with Gasteiger partial charge in [-0.2, -0.15) is 8.78 Å². The van der Waals surface area contributed by atoms with E-state index in [4.69, 9.17) is 11.6 Å². The average molecular weight is 262 g/mol. The molecule has 6 heteroatoms. The Hall–Kier alpha value is -1.62. The molecule has 1 amide bonds. The number of hydrogen-bond acceptors (Lipinski definition) is 2. The van der Waals surface area contributed by atoms with Crippen molar-refractivity contribution in [2.45, 2.75) is 6.61 Å². The second kappa shape index (κ2) is 6.20. The Morgan fingerprint density at radius 1 is 1.41 bits per heavy atom. The van der Waals surface area contributed by atoms with E-state index in [1.807, 2.05) is 0 Å². The van der Waals surface area contributed by atoms with Crippen LogP contribution in [0, 0.1) is 0 Å². The Bertz CT molecular complexity index is 406. The van der Waals surface area contributed by atoms with Gasteiger partial charge in [0.1, 0.15) is 5.75 Å². The first-order chi connectivity index (χ1) is 7.99. The van der Waals surface area contributed by atoms with Gasteiger partial charge in [0.15, 0.2) is 0 Å². The van der Waals surface area contributed by atoms with E-state index in [0.717, 1.165) is 0 Å². The standard InChI is InChI=1S/C11H10ClF2NO2/c1-7(12)6-15-10(16)8-2-4-9(5-3-8)17-11(13)14/h2-5,11H,1,6H2,(H,15,16). The first kappa shape index (κ1) is 13.4. The minimum atomic E-state index is -2.88. The Balaban J connectivity index is 2.60. The number of rotatable bonds is 5. The van der Waals surface area contributed by atoms with Crippen molar-refractivity contribution in [3.8, 4) is 5.75 Å². The van der Waals surface area contributed by atoms with Gasteiger partial charge in [-0.1, -0.05) is 18.2 Å². The molecule has 1 aromatic carbocycles. The summed E-state index contributed by atoms with van der Waals surface area (Å²) < 4.78 is 27.9. The monoisotopic (exact) mass is 261 g/mol. The molecule has 0 aliphatic rings. The fourth-order valence-electron chi connectivity index (χ4n) is 1.07. The molecule has 0 radical (unpaired) electrons. The van der Waals surface area contributed by atoms with Crippen LogP contribution in [0.5, 0.6) is 5.75 Å². The van der Waals surface area contributed by atoms with Crippen LogP contribution in [0.2, 0.25) is 0 Å². The molecule has 3 nitrogen and oxygen atoms in total. The van der Waals surface area contributed by atoms with E-state index in [-0.39, 0.29) is 18.2 Å². The summed E-state index contributed by atoms with van der Waals surface area (Å²) in [5.41, 5.74) is 0.324. The van der Waals surface area contributed by atoms with E-state index in [1.54, 1.807) is 0 Å². The van der Waals surface area contributed by atoms with Crippen molar-refractivity contribution in [1.29, 1.82) is 0 Å². The summed E-state index contributed by atoms with van der Waals surface area (Å²) in [5.74, 6) is -0.367. The smallest absolute Gasteiger partial charge is 0.387 e. The number of carbonyl (C=O) groups is 1. The maximum absolute atomic E-state index is 11.9. The molecule has 1 rings (SSSR count). The number of alkyl halides is 2. The van der Waals surface area contributed by atoms with Crippen LogP contribution in [0.4, 0.5) is 8.78 Å². The van der Waals surface area contributed by atoms with E-state index in [9.17, 15) is 13.6 Å². The second-order valence-electron chi connectivity index (χ2n) is 3.10. The molecular formula is C11H10ClF2NO2. The number of nitrogens with one attached hydrogen (secondary N) is 1. The first-order valence-electron chi connectivity index (χ1n) is 4.65. The molecule has 0 aliphatic heterocycles. The summed E-state index contributed by atoms with van der Waals surface area (Å²) in [4.78, 5) is 11.5. The zero-order valence-electron chi connectivity index (χ0n) is 8.75. The zero-order valence-corrected chi connectivity index (χ0v) is 9.51. The Kier molecular flexibility index (Phi) is 4.90. The highest BCUT2D eigenvalue weighted by molar-refractivity contribution is 6.29. The van der Waals surface area contributed by atoms with E-state index < -0.39 is 6.61 Å². The van der Waals surface area contributed by atoms with Gasteiger partial charge in [-0.15, -0.1) is 0 Å². The molecule has 0 aliphatic carbocycles. The number of halogens is 3. The molecule has 1 aromatic rings. The number of carbonyl (C=O) groups excluding carboxylic acids is 1. The van der Waals surface area contributed by atoms with Gasteiger partial charge in [0.05, 0.1) is 6.54 Å². The average Bonchev–Trinajstić information content (AvgIpc) is 2.26. The highest BCUT2D eigenvalue weighted by Crippen LogP contribution is 2.14. The summed E-state index contributed by atoms with van der Waals surface area (Å²) in [6, 6.07) is 5.33. The summed E-state index contributed by atoms with van der Waals surface area (Å²) >= 11 is 5.48. The first-order valence-corrected chi connectivity index (χ1v) is 5.03. The number of amides is 1. The van der Waals surface area contributed by atoms with Crippen LogP contribution in [-0.2, 0) is 0 Å². The molecule has 0 fully saturated rings. The van der Waals surface area contributed by atoms with Gasteiger partial charge in [0.25, 0.3) is 5.91 Å². The van der Waals surface area contributed by atoms with Crippen molar-refractivity contribution >= 4 is 17.5 Å². The largest absolute Gasteiger partial charge is 0.435 e. The zero-order chi connectivity index (χ0) is 12.8. The van der Waals surface area contributed by atoms with Gasteiger partial charge in [0.2, 0.25) is 0 Å². The summed E-state index contributed by atoms with van der Waals surface area (Å²) in [7, 11) is 0. The lowest BCUT2D eigenvalue weighted by molar-refractivity contribution is -0.0498. The lowest BCUT2D eigenvalue weighted by Crippen LogP contribution is -2.24. The Morgan fingerprint density at radius 2 is 2.00 bits per heavy atom. The molecule has 0 bridgehead atoms. The predicted octanol–water partition coefficient (Wildman–Crippen LogP) is 2.77. The molecule has 92 valence electrons. The van der Waals surface area contributed by atoms with Gasteiger partial charge >= 0.3 is 6.61 Å². The summed E-state index contributed by atoms with van der Waals surface area (Å²) in [5, 5.41) is 2.80. The van der Waals surface area contributed by atoms with Crippen LogP contribution >= 0.6 is 11.6 Å². The van der Waals surface area contributed by atoms with Crippen LogP contribution in [0.1, 0.15) is 10.4 Å². The second-order valence-corrected chi connectivity index (χ2v) is 3.64. The highest BCUT2D eigenvalue weighted by atomic mass is 35.5. The summed E-state index contributed by atoms with van der Waals surface area (Å²) in [6.45, 7) is 0.683.